The summed E-state index contributed by atoms with van der Waals surface area (Å²) < 4.78 is 5.73. The molecule has 5 heteroatoms. The number of hydrogen-bond acceptors (Lipinski definition) is 3. The number of nitrogens with one attached hydrogen (secondary N) is 1. The van der Waals surface area contributed by atoms with Gasteiger partial charge in [-0.2, -0.15) is 0 Å². The van der Waals surface area contributed by atoms with Crippen molar-refractivity contribution in [1.82, 2.24) is 10.3 Å². The second-order valence-electron chi connectivity index (χ2n) is 4.73. The number of hydrogen-bond donors (Lipinski definition) is 1. The van der Waals surface area contributed by atoms with Crippen molar-refractivity contribution in [1.29, 1.82) is 0 Å². The summed E-state index contributed by atoms with van der Waals surface area (Å²) in [6.07, 6.45) is 0. The molecule has 0 saturated heterocycles. The predicted molar refractivity (Wildman–Crippen MR) is 81.3 cm³/mol. The number of rotatable bonds is 3. The zero-order valence-electron chi connectivity index (χ0n) is 11.3. The van der Waals surface area contributed by atoms with Crippen LogP contribution in [0.3, 0.4) is 0 Å². The smallest absolute Gasteiger partial charge is 0.270 e. The van der Waals surface area contributed by atoms with Crippen molar-refractivity contribution in [2.75, 3.05) is 0 Å². The van der Waals surface area contributed by atoms with E-state index in [1.165, 1.54) is 0 Å². The SMILES string of the molecule is CC(NC(=O)c1cccc(Cl)n1)c1cc2ccccc2o1. The van der Waals surface area contributed by atoms with Crippen LogP contribution in [-0.4, -0.2) is 10.9 Å². The van der Waals surface area contributed by atoms with Crippen LogP contribution in [0.15, 0.2) is 52.9 Å². The molecule has 4 nitrogen and oxygen atoms in total. The Labute approximate surface area is 126 Å². The van der Waals surface area contributed by atoms with E-state index in [0.717, 1.165) is 11.0 Å². The minimum absolute atomic E-state index is 0.259. The molecule has 0 fully saturated rings. The Kier molecular flexibility index (Phi) is 3.62. The van der Waals surface area contributed by atoms with Gasteiger partial charge in [-0.3, -0.25) is 4.79 Å². The minimum Gasteiger partial charge on any atom is -0.459 e. The number of furan rings is 1. The summed E-state index contributed by atoms with van der Waals surface area (Å²) in [6.45, 7) is 1.86. The van der Waals surface area contributed by atoms with E-state index in [1.54, 1.807) is 18.2 Å². The lowest BCUT2D eigenvalue weighted by Crippen LogP contribution is -2.27. The van der Waals surface area contributed by atoms with Gasteiger partial charge < -0.3 is 9.73 Å². The number of fused-ring (bicyclic) bond motifs is 1. The number of carbonyl (C=O) groups excluding carboxylic acids is 1. The molecule has 1 N–H and O–H groups in total. The second-order valence-corrected chi connectivity index (χ2v) is 5.11. The van der Waals surface area contributed by atoms with Gasteiger partial charge in [0.25, 0.3) is 5.91 Å². The average molecular weight is 301 g/mol. The fourth-order valence-electron chi connectivity index (χ4n) is 2.09. The number of nitrogens with zero attached hydrogens (tertiary/aromatic N) is 1. The van der Waals surface area contributed by atoms with Crippen molar-refractivity contribution in [2.45, 2.75) is 13.0 Å². The number of pyridine rings is 1. The van der Waals surface area contributed by atoms with E-state index in [9.17, 15) is 4.79 Å². The molecular formula is C16H13ClN2O2. The van der Waals surface area contributed by atoms with Crippen LogP contribution < -0.4 is 5.32 Å². The van der Waals surface area contributed by atoms with Crippen LogP contribution in [0.5, 0.6) is 0 Å². The molecule has 2 aromatic heterocycles. The van der Waals surface area contributed by atoms with E-state index in [2.05, 4.69) is 10.3 Å². The molecule has 1 unspecified atom stereocenters. The lowest BCUT2D eigenvalue weighted by atomic mass is 10.2. The largest absolute Gasteiger partial charge is 0.459 e. The van der Waals surface area contributed by atoms with Gasteiger partial charge in [-0.1, -0.05) is 35.9 Å². The van der Waals surface area contributed by atoms with Crippen LogP contribution in [0.4, 0.5) is 0 Å². The lowest BCUT2D eigenvalue weighted by molar-refractivity contribution is 0.0930. The van der Waals surface area contributed by atoms with Crippen LogP contribution in [0.25, 0.3) is 11.0 Å². The molecule has 0 spiro atoms. The predicted octanol–water partition coefficient (Wildman–Crippen LogP) is 3.97. The summed E-state index contributed by atoms with van der Waals surface area (Å²) >= 11 is 5.79. The van der Waals surface area contributed by atoms with E-state index < -0.39 is 0 Å². The van der Waals surface area contributed by atoms with Gasteiger partial charge in [0.05, 0.1) is 6.04 Å². The number of para-hydroxylation sites is 1. The first kappa shape index (κ1) is 13.6. The van der Waals surface area contributed by atoms with Crippen LogP contribution in [0, 0.1) is 0 Å². The number of halogens is 1. The van der Waals surface area contributed by atoms with Gasteiger partial charge in [-0.25, -0.2) is 4.98 Å². The summed E-state index contributed by atoms with van der Waals surface area (Å²) in [5, 5.41) is 4.15. The lowest BCUT2D eigenvalue weighted by Gasteiger charge is -2.10. The highest BCUT2D eigenvalue weighted by Gasteiger charge is 2.16. The third-order valence-electron chi connectivity index (χ3n) is 3.17. The normalized spacial score (nSPS) is 12.3. The van der Waals surface area contributed by atoms with Gasteiger partial charge in [0.2, 0.25) is 0 Å². The fourth-order valence-corrected chi connectivity index (χ4v) is 2.26. The number of aromatic nitrogens is 1. The molecule has 1 aromatic carbocycles. The third kappa shape index (κ3) is 2.90. The molecule has 0 aliphatic rings. The molecule has 0 saturated carbocycles. The first-order chi connectivity index (χ1) is 10.1. The maximum absolute atomic E-state index is 12.1. The van der Waals surface area contributed by atoms with Crippen molar-refractivity contribution < 1.29 is 9.21 Å². The zero-order chi connectivity index (χ0) is 14.8. The molecule has 2 heterocycles. The molecule has 3 aromatic rings. The molecule has 0 aliphatic carbocycles. The first-order valence-electron chi connectivity index (χ1n) is 6.55. The summed E-state index contributed by atoms with van der Waals surface area (Å²) in [4.78, 5) is 16.1. The van der Waals surface area contributed by atoms with Crippen molar-refractivity contribution in [3.8, 4) is 0 Å². The summed E-state index contributed by atoms with van der Waals surface area (Å²) in [7, 11) is 0. The summed E-state index contributed by atoms with van der Waals surface area (Å²) in [5.74, 6) is 0.414. The average Bonchev–Trinajstić information content (AvgIpc) is 2.91. The highest BCUT2D eigenvalue weighted by Crippen LogP contribution is 2.23. The highest BCUT2D eigenvalue weighted by atomic mass is 35.5. The van der Waals surface area contributed by atoms with E-state index in [4.69, 9.17) is 16.0 Å². The van der Waals surface area contributed by atoms with Crippen molar-refractivity contribution in [3.05, 3.63) is 65.1 Å². The maximum Gasteiger partial charge on any atom is 0.270 e. The first-order valence-corrected chi connectivity index (χ1v) is 6.93. The van der Waals surface area contributed by atoms with E-state index in [0.29, 0.717) is 10.9 Å². The molecule has 3 rings (SSSR count). The maximum atomic E-state index is 12.1. The fraction of sp³-hybridized carbons (Fsp3) is 0.125. The molecule has 1 atom stereocenters. The highest BCUT2D eigenvalue weighted by molar-refractivity contribution is 6.29. The molecule has 0 bridgehead atoms. The Balaban J connectivity index is 1.79. The Bertz CT molecular complexity index is 765. The minimum atomic E-state index is -0.287. The van der Waals surface area contributed by atoms with E-state index >= 15 is 0 Å². The number of amides is 1. The van der Waals surface area contributed by atoms with Crippen LogP contribution in [-0.2, 0) is 0 Å². The second kappa shape index (κ2) is 5.58. The van der Waals surface area contributed by atoms with Crippen molar-refractivity contribution in [2.24, 2.45) is 0 Å². The Hall–Kier alpha value is -2.33. The Morgan fingerprint density at radius 1 is 1.24 bits per heavy atom. The molecule has 21 heavy (non-hydrogen) atoms. The topological polar surface area (TPSA) is 55.1 Å². The Morgan fingerprint density at radius 3 is 2.81 bits per heavy atom. The molecule has 1 amide bonds. The molecule has 106 valence electrons. The Morgan fingerprint density at radius 2 is 2.05 bits per heavy atom. The van der Waals surface area contributed by atoms with Gasteiger partial charge in [0.15, 0.2) is 0 Å². The monoisotopic (exact) mass is 300 g/mol. The van der Waals surface area contributed by atoms with Gasteiger partial charge >= 0.3 is 0 Å². The molecular weight excluding hydrogens is 288 g/mol. The summed E-state index contributed by atoms with van der Waals surface area (Å²) in [6, 6.07) is 14.3. The van der Waals surface area contributed by atoms with Gasteiger partial charge in [-0.15, -0.1) is 0 Å². The molecule has 0 aliphatic heterocycles. The van der Waals surface area contributed by atoms with Crippen LogP contribution in [0.1, 0.15) is 29.2 Å². The standard InChI is InChI=1S/C16H13ClN2O2/c1-10(14-9-11-5-2-3-7-13(11)21-14)18-16(20)12-6-4-8-15(17)19-12/h2-10H,1H3,(H,18,20). The quantitative estimate of drug-likeness (QED) is 0.745. The third-order valence-corrected chi connectivity index (χ3v) is 3.38. The van der Waals surface area contributed by atoms with Crippen LogP contribution in [0.2, 0.25) is 5.15 Å². The van der Waals surface area contributed by atoms with Gasteiger partial charge in [0.1, 0.15) is 22.2 Å². The van der Waals surface area contributed by atoms with Crippen molar-refractivity contribution >= 4 is 28.5 Å². The van der Waals surface area contributed by atoms with E-state index in [1.807, 2.05) is 37.3 Å². The van der Waals surface area contributed by atoms with Gasteiger partial charge in [-0.05, 0) is 31.2 Å². The zero-order valence-corrected chi connectivity index (χ0v) is 12.1. The number of benzene rings is 1. The number of carbonyl (C=O) groups is 1. The molecule has 0 radical (unpaired) electrons. The van der Waals surface area contributed by atoms with Gasteiger partial charge in [0, 0.05) is 5.39 Å². The summed E-state index contributed by atoms with van der Waals surface area (Å²) in [5.41, 5.74) is 1.08. The van der Waals surface area contributed by atoms with Crippen molar-refractivity contribution in [3.63, 3.8) is 0 Å². The van der Waals surface area contributed by atoms with Crippen LogP contribution >= 0.6 is 11.6 Å². The van der Waals surface area contributed by atoms with E-state index in [-0.39, 0.29) is 17.6 Å².